The average molecular weight is 853 g/mol. The Balaban J connectivity index is 0.00000336. The van der Waals surface area contributed by atoms with Crippen molar-refractivity contribution in [2.45, 2.75) is 139 Å². The van der Waals surface area contributed by atoms with Crippen LogP contribution in [0.1, 0.15) is 155 Å². The molecule has 4 aromatic rings. The molecular weight excluding hydrogens is 787 g/mol. The third kappa shape index (κ3) is 9.22. The predicted molar refractivity (Wildman–Crippen MR) is 230 cm³/mol. The van der Waals surface area contributed by atoms with Crippen LogP contribution >= 0.6 is 0 Å². The molecule has 0 amide bonds. The molecule has 0 aliphatic heterocycles. The monoisotopic (exact) mass is 850 g/mol. The summed E-state index contributed by atoms with van der Waals surface area (Å²) in [5.41, 5.74) is 16.4. The molecule has 0 aromatic heterocycles. The first-order chi connectivity index (χ1) is 24.4. The van der Waals surface area contributed by atoms with Crippen molar-refractivity contribution < 1.29 is 46.1 Å². The summed E-state index contributed by atoms with van der Waals surface area (Å²) in [6, 6.07) is 31.9. The van der Waals surface area contributed by atoms with Crippen LogP contribution < -0.4 is 28.1 Å². The van der Waals surface area contributed by atoms with E-state index in [0.29, 0.717) is 5.92 Å². The van der Waals surface area contributed by atoms with Crippen LogP contribution in [0.15, 0.2) is 99.9 Å². The minimum absolute atomic E-state index is 0. The Morgan fingerprint density at radius 3 is 1.40 bits per heavy atom. The molecular formula is C52H66Cl2Zr. The van der Waals surface area contributed by atoms with Crippen molar-refractivity contribution in [2.24, 2.45) is 11.3 Å². The van der Waals surface area contributed by atoms with Gasteiger partial charge in [-0.25, -0.2) is 0 Å². The second-order valence-corrected chi connectivity index (χ2v) is 26.9. The van der Waals surface area contributed by atoms with Crippen LogP contribution in [0.2, 0.25) is 0 Å². The van der Waals surface area contributed by atoms with E-state index in [2.05, 4.69) is 202 Å². The minimum Gasteiger partial charge on any atom is -1.00 e. The van der Waals surface area contributed by atoms with Crippen LogP contribution in [-0.2, 0) is 49.3 Å². The molecule has 2 aliphatic rings. The van der Waals surface area contributed by atoms with E-state index in [-0.39, 0.29) is 51.9 Å². The second kappa shape index (κ2) is 15.8. The summed E-state index contributed by atoms with van der Waals surface area (Å²) >= 11 is -3.05. The quantitative estimate of drug-likeness (QED) is 0.176. The topological polar surface area (TPSA) is 0 Å². The summed E-state index contributed by atoms with van der Waals surface area (Å²) in [6.07, 6.45) is 6.29. The van der Waals surface area contributed by atoms with Crippen LogP contribution in [0.25, 0.3) is 11.1 Å². The van der Waals surface area contributed by atoms with Gasteiger partial charge in [-0.05, 0) is 0 Å². The first kappa shape index (κ1) is 45.4. The maximum absolute atomic E-state index is 3.05. The number of halogens is 2. The molecule has 292 valence electrons. The van der Waals surface area contributed by atoms with Crippen LogP contribution in [0.4, 0.5) is 0 Å². The normalized spacial score (nSPS) is 15.5. The van der Waals surface area contributed by atoms with Gasteiger partial charge in [0.25, 0.3) is 0 Å². The molecule has 55 heavy (non-hydrogen) atoms. The van der Waals surface area contributed by atoms with E-state index in [9.17, 15) is 0 Å². The number of hydrogen-bond acceptors (Lipinski definition) is 0. The van der Waals surface area contributed by atoms with Gasteiger partial charge in [0.2, 0.25) is 0 Å². The fourth-order valence-electron chi connectivity index (χ4n) is 8.27. The molecule has 0 heterocycles. The van der Waals surface area contributed by atoms with Gasteiger partial charge in [-0.2, -0.15) is 0 Å². The Bertz CT molecular complexity index is 2080. The Morgan fingerprint density at radius 2 is 0.982 bits per heavy atom. The third-order valence-electron chi connectivity index (χ3n) is 11.7. The number of rotatable bonds is 4. The van der Waals surface area contributed by atoms with Crippen LogP contribution in [-0.4, -0.2) is 3.21 Å². The summed E-state index contributed by atoms with van der Waals surface area (Å²) in [7, 11) is 0. The fraction of sp³-hybridized carbons (Fsp3) is 0.442. The molecule has 1 atom stereocenters. The summed E-state index contributed by atoms with van der Waals surface area (Å²) < 4.78 is 5.03. The molecule has 4 aromatic carbocycles. The number of hydrogen-bond donors (Lipinski definition) is 0. The Morgan fingerprint density at radius 1 is 0.527 bits per heavy atom. The first-order valence-electron chi connectivity index (χ1n) is 20.1. The summed E-state index contributed by atoms with van der Waals surface area (Å²) in [4.78, 5) is 0. The summed E-state index contributed by atoms with van der Waals surface area (Å²) in [6.45, 7) is 38.0. The van der Waals surface area contributed by atoms with E-state index in [1.54, 1.807) is 20.9 Å². The largest absolute Gasteiger partial charge is 1.00 e. The molecule has 6 rings (SSSR count). The van der Waals surface area contributed by atoms with Crippen LogP contribution in [0.3, 0.4) is 0 Å². The molecule has 1 unspecified atom stereocenters. The summed E-state index contributed by atoms with van der Waals surface area (Å²) in [5.74, 6) is 0.399. The molecule has 0 bridgehead atoms. The van der Waals surface area contributed by atoms with E-state index < -0.39 is 21.3 Å². The molecule has 0 radical (unpaired) electrons. The predicted octanol–water partition coefficient (Wildman–Crippen LogP) is 7.47. The van der Waals surface area contributed by atoms with E-state index in [0.717, 1.165) is 6.42 Å². The van der Waals surface area contributed by atoms with E-state index >= 15 is 0 Å². The molecule has 0 nitrogen and oxygen atoms in total. The molecule has 2 aliphatic carbocycles. The number of fused-ring (bicyclic) bond motifs is 3. The van der Waals surface area contributed by atoms with Gasteiger partial charge < -0.3 is 24.8 Å². The second-order valence-electron chi connectivity index (χ2n) is 21.2. The van der Waals surface area contributed by atoms with E-state index in [4.69, 9.17) is 0 Å². The average Bonchev–Trinajstić information content (AvgIpc) is 3.62. The van der Waals surface area contributed by atoms with Gasteiger partial charge in [-0.3, -0.25) is 0 Å². The van der Waals surface area contributed by atoms with Gasteiger partial charge in [-0.1, -0.05) is 0 Å². The molecule has 0 saturated carbocycles. The van der Waals surface area contributed by atoms with Crippen molar-refractivity contribution >= 4 is 6.48 Å². The van der Waals surface area contributed by atoms with Gasteiger partial charge in [0.05, 0.1) is 0 Å². The SMILES string of the molecule is CC1C=C(C(C)(C)C)C=[C]1[Zr+2](=[C](c1ccc(C(C)(C)C)cc1)c1ccc(C(C)(C)C)cc1)[c]1c(C(C)(C)C)ccc2c1Cc1cc(C(C)(C)C)ccc1-2.[Cl-].[Cl-]. The zero-order valence-electron chi connectivity index (χ0n) is 36.7. The molecule has 0 N–H and O–H groups in total. The van der Waals surface area contributed by atoms with Crippen LogP contribution in [0, 0.1) is 11.3 Å². The van der Waals surface area contributed by atoms with Crippen molar-refractivity contribution in [3.8, 4) is 11.1 Å². The van der Waals surface area contributed by atoms with Gasteiger partial charge in [0.1, 0.15) is 0 Å². The Hall–Kier alpha value is -2.31. The van der Waals surface area contributed by atoms with Crippen molar-refractivity contribution in [1.82, 2.24) is 0 Å². The number of allylic oxidation sites excluding steroid dienone is 4. The van der Waals surface area contributed by atoms with Crippen molar-refractivity contribution in [1.29, 1.82) is 0 Å². The number of benzene rings is 4. The van der Waals surface area contributed by atoms with Gasteiger partial charge in [0.15, 0.2) is 0 Å². The standard InChI is InChI=1S/C21H25.C21H26.C10H15.2ClH.Zr/c1-20(2,3)16-7-9-18-14(12-16)11-15-13-17(21(4,5)6)8-10-19(15)18;1-20(2,3)18-11-7-16(8-12-18)15-17-9-13-19(14-10-17)21(4,5)6;1-8-5-6-9(7-8)10(2,3)4;;;/h7-10,12H,11H2,1-6H3;7-14H,1-6H3;6-8H,1-4H3;2*1H;/q;;;;;+2/p-2. The summed E-state index contributed by atoms with van der Waals surface area (Å²) in [5, 5.41) is 0. The van der Waals surface area contributed by atoms with Crippen molar-refractivity contribution in [2.75, 3.05) is 0 Å². The zero-order valence-corrected chi connectivity index (χ0v) is 40.7. The molecule has 3 heteroatoms. The maximum atomic E-state index is 2.68. The molecule has 0 spiro atoms. The van der Waals surface area contributed by atoms with Gasteiger partial charge in [0, 0.05) is 0 Å². The molecule has 0 fully saturated rings. The van der Waals surface area contributed by atoms with Gasteiger partial charge >= 0.3 is 333 Å². The minimum atomic E-state index is -3.05. The van der Waals surface area contributed by atoms with Gasteiger partial charge in [-0.15, -0.1) is 0 Å². The van der Waals surface area contributed by atoms with E-state index in [1.165, 1.54) is 50.1 Å². The van der Waals surface area contributed by atoms with Crippen molar-refractivity contribution in [3.63, 3.8) is 0 Å². The van der Waals surface area contributed by atoms with Crippen molar-refractivity contribution in [3.05, 3.63) is 144 Å². The Labute approximate surface area is 355 Å². The maximum Gasteiger partial charge on any atom is -1.00 e. The Kier molecular flexibility index (Phi) is 13.0. The molecule has 0 saturated heterocycles. The van der Waals surface area contributed by atoms with E-state index in [1.807, 2.05) is 0 Å². The van der Waals surface area contributed by atoms with Crippen LogP contribution in [0.5, 0.6) is 0 Å². The fourth-order valence-corrected chi connectivity index (χ4v) is 17.7. The first-order valence-corrected chi connectivity index (χ1v) is 23.8. The third-order valence-corrected chi connectivity index (χ3v) is 19.9. The zero-order chi connectivity index (χ0) is 39.1. The smallest absolute Gasteiger partial charge is 1.00 e.